The third-order valence-electron chi connectivity index (χ3n) is 0.480. The topological polar surface area (TPSA) is 0 Å². The molecule has 0 N–H and O–H groups in total. The second-order valence-electron chi connectivity index (χ2n) is 0.872. The Balaban J connectivity index is 2.61. The van der Waals surface area contributed by atoms with E-state index >= 15 is 0 Å². The molecule has 0 unspecified atom stereocenters. The van der Waals surface area contributed by atoms with Crippen molar-refractivity contribution in [3.8, 4) is 0 Å². The summed E-state index contributed by atoms with van der Waals surface area (Å²) in [5, 5.41) is 1.30. The zero-order chi connectivity index (χ0) is 3.54. The molecule has 0 atom stereocenters. The van der Waals surface area contributed by atoms with E-state index in [0.29, 0.717) is 15.3 Å². The summed E-state index contributed by atoms with van der Waals surface area (Å²) < 4.78 is 3.14. The first-order valence-electron chi connectivity index (χ1n) is 1.57. The van der Waals surface area contributed by atoms with Crippen molar-refractivity contribution in [1.29, 1.82) is 0 Å². The van der Waals surface area contributed by atoms with Gasteiger partial charge in [-0.3, -0.25) is 0 Å². The Bertz CT molecular complexity index is 65.0. The number of hydrogen-bond acceptors (Lipinski definition) is 0. The molecule has 1 aliphatic heterocycles. The van der Waals surface area contributed by atoms with Gasteiger partial charge in [0.2, 0.25) is 0 Å². The fraction of sp³-hybridized carbons (Fsp3) is 0.333. The van der Waals surface area contributed by atoms with Crippen molar-refractivity contribution >= 4 is 32.9 Å². The quantitative estimate of drug-likeness (QED) is 0.374. The molecule has 0 aromatic heterocycles. The molecule has 0 aromatic rings. The van der Waals surface area contributed by atoms with Crippen molar-refractivity contribution in [2.24, 2.45) is 0 Å². The van der Waals surface area contributed by atoms with Crippen LogP contribution >= 0.6 is 0 Å². The van der Waals surface area contributed by atoms with Crippen molar-refractivity contribution in [3.05, 3.63) is 0 Å². The monoisotopic (exact) mass is 125 g/mol. The molecule has 0 saturated carbocycles. The Kier molecular flexibility index (Phi) is 1.22. The van der Waals surface area contributed by atoms with Gasteiger partial charge in [-0.15, -0.1) is 0 Å². The van der Waals surface area contributed by atoms with Crippen LogP contribution in [0.15, 0.2) is 0 Å². The van der Waals surface area contributed by atoms with Gasteiger partial charge in [-0.05, 0) is 0 Å². The second kappa shape index (κ2) is 1.72. The van der Waals surface area contributed by atoms with Crippen molar-refractivity contribution in [2.45, 2.75) is 5.21 Å². The van der Waals surface area contributed by atoms with Gasteiger partial charge in [0.05, 0.1) is 0 Å². The molecular weight excluding hydrogens is 122 g/mol. The summed E-state index contributed by atoms with van der Waals surface area (Å²) >= 11 is 0.493. The Labute approximate surface area is 38.7 Å². The Hall–Kier alpha value is 0.363. The zero-order valence-corrected chi connectivity index (χ0v) is 4.69. The third kappa shape index (κ3) is 0.847. The van der Waals surface area contributed by atoms with Gasteiger partial charge in [0.25, 0.3) is 0 Å². The molecule has 1 heterocycles. The van der Waals surface area contributed by atoms with Gasteiger partial charge in [0.1, 0.15) is 0 Å². The predicted molar refractivity (Wildman–Crippen MR) is 27.4 cm³/mol. The van der Waals surface area contributed by atoms with Gasteiger partial charge in [-0.1, -0.05) is 0 Å². The van der Waals surface area contributed by atoms with Crippen molar-refractivity contribution in [2.75, 3.05) is 0 Å². The first-order valence-corrected chi connectivity index (χ1v) is 3.84. The molecule has 1 rings (SSSR count). The minimum atomic E-state index is 0.493. The van der Waals surface area contributed by atoms with Crippen LogP contribution in [0.1, 0.15) is 0 Å². The maximum absolute atomic E-state index is 3.14. The molecule has 2 heteroatoms. The van der Waals surface area contributed by atoms with Gasteiger partial charge < -0.3 is 0 Å². The first kappa shape index (κ1) is 3.55. The van der Waals surface area contributed by atoms with Crippen LogP contribution in [0, 0.1) is 0 Å². The average Bonchev–Trinajstić information content (AvgIpc) is 1.76. The van der Waals surface area contributed by atoms with Crippen LogP contribution in [0.4, 0.5) is 0 Å². The molecule has 23 valence electrons. The Morgan fingerprint density at radius 2 is 3.00 bits per heavy atom. The molecule has 0 nitrogen and oxygen atoms in total. The Morgan fingerprint density at radius 3 is 3.20 bits per heavy atom. The van der Waals surface area contributed by atoms with Gasteiger partial charge in [0.15, 0.2) is 0 Å². The molecule has 0 aliphatic carbocycles. The van der Waals surface area contributed by atoms with Crippen LogP contribution in [0.2, 0.25) is 5.21 Å². The molecule has 0 fully saturated rings. The van der Waals surface area contributed by atoms with Crippen LogP contribution in [-0.2, 0) is 0 Å². The van der Waals surface area contributed by atoms with E-state index in [1.54, 1.807) is 0 Å². The molecule has 0 aromatic carbocycles. The molecule has 1 aliphatic rings. The number of hydrogen-bond donors (Lipinski definition) is 0. The first-order chi connectivity index (χ1) is 2.50. The summed E-state index contributed by atoms with van der Waals surface area (Å²) in [6.45, 7) is 2.03. The van der Waals surface area contributed by atoms with Crippen LogP contribution in [-0.4, -0.2) is 32.9 Å². The van der Waals surface area contributed by atoms with Crippen molar-refractivity contribution < 1.29 is 0 Å². The van der Waals surface area contributed by atoms with E-state index < -0.39 is 0 Å². The fourth-order valence-electron chi connectivity index (χ4n) is 0.264. The SMILES string of the molecule is B1=CC[As]=[C]1. The fourth-order valence-corrected chi connectivity index (χ4v) is 1.37. The molecule has 1 radical (unpaired) electrons. The summed E-state index contributed by atoms with van der Waals surface area (Å²) in [7, 11) is 0. The van der Waals surface area contributed by atoms with E-state index in [4.69, 9.17) is 0 Å². The molecule has 0 spiro atoms. The summed E-state index contributed by atoms with van der Waals surface area (Å²) in [5.41, 5.74) is 0. The zero-order valence-electron chi connectivity index (χ0n) is 2.81. The predicted octanol–water partition coefficient (Wildman–Crippen LogP) is -0.734. The average molecular weight is 125 g/mol. The van der Waals surface area contributed by atoms with E-state index in [9.17, 15) is 0 Å². The van der Waals surface area contributed by atoms with Crippen LogP contribution in [0.3, 0.4) is 0 Å². The van der Waals surface area contributed by atoms with E-state index in [2.05, 4.69) is 10.7 Å². The summed E-state index contributed by atoms with van der Waals surface area (Å²) in [6, 6.07) is 0. The molecule has 0 saturated heterocycles. The number of rotatable bonds is 0. The van der Waals surface area contributed by atoms with Crippen molar-refractivity contribution in [1.82, 2.24) is 0 Å². The van der Waals surface area contributed by atoms with Gasteiger partial charge in [0, 0.05) is 0 Å². The van der Waals surface area contributed by atoms with Gasteiger partial charge in [-0.25, -0.2) is 0 Å². The maximum atomic E-state index is 3.14. The Morgan fingerprint density at radius 1 is 2.00 bits per heavy atom. The summed E-state index contributed by atoms with van der Waals surface area (Å²) in [6.07, 6.45) is 0. The van der Waals surface area contributed by atoms with E-state index in [0.717, 1.165) is 0 Å². The normalized spacial score (nSPS) is 19.2. The van der Waals surface area contributed by atoms with E-state index in [1.807, 2.05) is 6.92 Å². The van der Waals surface area contributed by atoms with Crippen molar-refractivity contribution in [3.63, 3.8) is 0 Å². The van der Waals surface area contributed by atoms with Crippen LogP contribution in [0.5, 0.6) is 0 Å². The van der Waals surface area contributed by atoms with Crippen LogP contribution in [0.25, 0.3) is 0 Å². The molecule has 5 heavy (non-hydrogen) atoms. The third-order valence-corrected chi connectivity index (χ3v) is 2.00. The molecular formula is C3H3AsB. The van der Waals surface area contributed by atoms with E-state index in [1.165, 1.54) is 5.21 Å². The molecule has 0 bridgehead atoms. The van der Waals surface area contributed by atoms with Gasteiger partial charge >= 0.3 is 38.1 Å². The standard InChI is InChI=1S/C3H3AsB/c1-2-5-3-4-1/h2H,1H2. The summed E-state index contributed by atoms with van der Waals surface area (Å²) in [5.74, 6) is 2.17. The molecule has 0 amide bonds. The van der Waals surface area contributed by atoms with E-state index in [-0.39, 0.29) is 0 Å². The van der Waals surface area contributed by atoms with Crippen LogP contribution < -0.4 is 0 Å². The minimum absolute atomic E-state index is 0.493. The second-order valence-corrected chi connectivity index (χ2v) is 2.84. The summed E-state index contributed by atoms with van der Waals surface area (Å²) in [4.78, 5) is 0. The van der Waals surface area contributed by atoms with Gasteiger partial charge in [-0.2, -0.15) is 0 Å².